The smallest absolute Gasteiger partial charge is 0.462 e. The maximum absolute atomic E-state index is 13.1. The molecule has 0 aliphatic heterocycles. The number of carbonyl (C=O) groups is 4. The van der Waals surface area contributed by atoms with Crippen LogP contribution in [-0.2, 0) is 65.4 Å². The first-order valence-corrected chi connectivity index (χ1v) is 43.7. The third kappa shape index (κ3) is 72.3. The first-order chi connectivity index (χ1) is 47.8. The SMILES string of the molecule is CCCCCC/C=C\C=C/CCCCCCCC(=O)OC[C@H](COP(=O)(O)OC[C@@H](O)COP(=O)(O)OC[C@@H](COC(=O)CCCCCCCCCCCC(C)C)OC(=O)CCCCCCCCCCCCC(C)CC)OC(=O)CCCCCCCCCCCCCCCCCC(C)C. The topological polar surface area (TPSA) is 237 Å². The summed E-state index contributed by atoms with van der Waals surface area (Å²) in [5, 5.41) is 10.6. The number of aliphatic hydroxyl groups excluding tert-OH is 1. The van der Waals surface area contributed by atoms with Crippen molar-refractivity contribution in [1.82, 2.24) is 0 Å². The van der Waals surface area contributed by atoms with E-state index in [1.807, 2.05) is 0 Å². The minimum atomic E-state index is -4.97. The Morgan fingerprint density at radius 1 is 0.333 bits per heavy atom. The Hall–Kier alpha value is -2.46. The quantitative estimate of drug-likeness (QED) is 0.0169. The number of allylic oxidation sites excluding steroid dienone is 4. The number of phosphoric acid groups is 2. The molecule has 0 aliphatic carbocycles. The second-order valence-electron chi connectivity index (χ2n) is 29.3. The maximum atomic E-state index is 13.1. The van der Waals surface area contributed by atoms with E-state index in [1.165, 1.54) is 180 Å². The van der Waals surface area contributed by atoms with E-state index >= 15 is 0 Å². The van der Waals surface area contributed by atoms with E-state index in [4.69, 9.17) is 37.0 Å². The molecule has 0 rings (SSSR count). The molecule has 0 aromatic rings. The van der Waals surface area contributed by atoms with Crippen molar-refractivity contribution < 1.29 is 80.2 Å². The number of esters is 4. The van der Waals surface area contributed by atoms with Gasteiger partial charge in [0.1, 0.15) is 19.3 Å². The second-order valence-corrected chi connectivity index (χ2v) is 32.2. The Morgan fingerprint density at radius 3 is 0.899 bits per heavy atom. The van der Waals surface area contributed by atoms with Crippen molar-refractivity contribution in [2.24, 2.45) is 17.8 Å². The van der Waals surface area contributed by atoms with Crippen LogP contribution in [0.25, 0.3) is 0 Å². The van der Waals surface area contributed by atoms with Gasteiger partial charge in [0.15, 0.2) is 12.2 Å². The summed E-state index contributed by atoms with van der Waals surface area (Å²) in [7, 11) is -9.93. The summed E-state index contributed by atoms with van der Waals surface area (Å²) in [4.78, 5) is 73.0. The van der Waals surface area contributed by atoms with E-state index in [0.29, 0.717) is 25.7 Å². The highest BCUT2D eigenvalue weighted by atomic mass is 31.2. The number of hydrogen-bond donors (Lipinski definition) is 3. The summed E-state index contributed by atoms with van der Waals surface area (Å²) < 4.78 is 68.7. The predicted octanol–water partition coefficient (Wildman–Crippen LogP) is 23.3. The molecule has 3 N–H and O–H groups in total. The highest BCUT2D eigenvalue weighted by Crippen LogP contribution is 2.45. The van der Waals surface area contributed by atoms with Crippen LogP contribution in [0.1, 0.15) is 389 Å². The molecule has 0 saturated carbocycles. The Balaban J connectivity index is 5.30. The molecule has 0 radical (unpaired) electrons. The number of unbranched alkanes of at least 4 members (excludes halogenated alkanes) is 40. The number of ether oxygens (including phenoxy) is 4. The predicted molar refractivity (Wildman–Crippen MR) is 404 cm³/mol. The first-order valence-electron chi connectivity index (χ1n) is 40.7. The van der Waals surface area contributed by atoms with Gasteiger partial charge in [-0.1, -0.05) is 336 Å². The van der Waals surface area contributed by atoms with E-state index in [-0.39, 0.29) is 25.7 Å². The van der Waals surface area contributed by atoms with Crippen LogP contribution in [0.2, 0.25) is 0 Å². The van der Waals surface area contributed by atoms with Crippen molar-refractivity contribution in [2.45, 2.75) is 407 Å². The van der Waals surface area contributed by atoms with Gasteiger partial charge in [-0.05, 0) is 69.1 Å². The van der Waals surface area contributed by atoms with E-state index in [9.17, 15) is 43.2 Å². The van der Waals surface area contributed by atoms with Gasteiger partial charge in [0.05, 0.1) is 26.4 Å². The number of phosphoric ester groups is 2. The summed E-state index contributed by atoms with van der Waals surface area (Å²) in [5.74, 6) is 0.202. The average Bonchev–Trinajstić information content (AvgIpc) is 1.93. The van der Waals surface area contributed by atoms with Gasteiger partial charge in [-0.25, -0.2) is 9.13 Å². The van der Waals surface area contributed by atoms with Gasteiger partial charge < -0.3 is 33.8 Å². The second kappa shape index (κ2) is 69.9. The highest BCUT2D eigenvalue weighted by molar-refractivity contribution is 7.47. The summed E-state index contributed by atoms with van der Waals surface area (Å²) >= 11 is 0. The molecule has 0 aliphatic rings. The zero-order chi connectivity index (χ0) is 73.0. The molecule has 19 heteroatoms. The molecular formula is C80H152O17P2. The van der Waals surface area contributed by atoms with Gasteiger partial charge in [-0.15, -0.1) is 0 Å². The van der Waals surface area contributed by atoms with Gasteiger partial charge >= 0.3 is 39.5 Å². The molecule has 0 bridgehead atoms. The van der Waals surface area contributed by atoms with Crippen LogP contribution >= 0.6 is 15.6 Å². The molecule has 99 heavy (non-hydrogen) atoms. The van der Waals surface area contributed by atoms with Gasteiger partial charge in [0.25, 0.3) is 0 Å². The lowest BCUT2D eigenvalue weighted by Gasteiger charge is -2.21. The monoisotopic (exact) mass is 1450 g/mol. The number of hydrogen-bond acceptors (Lipinski definition) is 15. The van der Waals surface area contributed by atoms with Crippen molar-refractivity contribution >= 4 is 39.5 Å². The molecule has 0 amide bonds. The normalized spacial score (nSPS) is 14.4. The number of carbonyl (C=O) groups excluding carboxylic acids is 4. The Bertz CT molecular complexity index is 2020. The molecule has 0 aromatic carbocycles. The van der Waals surface area contributed by atoms with Crippen molar-refractivity contribution in [2.75, 3.05) is 39.6 Å². The van der Waals surface area contributed by atoms with Crippen molar-refractivity contribution in [3.8, 4) is 0 Å². The number of aliphatic hydroxyl groups is 1. The molecule has 3 unspecified atom stereocenters. The lowest BCUT2D eigenvalue weighted by molar-refractivity contribution is -0.161. The van der Waals surface area contributed by atoms with Gasteiger partial charge in [0.2, 0.25) is 0 Å². The standard InChI is InChI=1S/C80H152O17P2/c1-8-10-11-12-13-14-15-16-18-22-25-33-40-47-54-61-77(82)90-67-75(96-79(84)63-56-49-42-34-26-23-20-17-19-21-24-30-37-44-51-58-71(3)4)69-94-98(86,87)92-65-74(81)66-93-99(88,89)95-70-76(68-91-78(83)62-55-48-41-36-29-31-38-45-52-59-72(5)6)97-80(85)64-57-50-43-35-28-27-32-39-46-53-60-73(7)9-2/h14-16,18,71-76,81H,8-13,17,19-70H2,1-7H3,(H,86,87)(H,88,89)/b15-14-,18-16-/t73?,74-,75-,76-/m1/s1. The fourth-order valence-corrected chi connectivity index (χ4v) is 13.3. The van der Waals surface area contributed by atoms with Crippen LogP contribution < -0.4 is 0 Å². The van der Waals surface area contributed by atoms with Crippen molar-refractivity contribution in [1.29, 1.82) is 0 Å². The molecule has 0 fully saturated rings. The lowest BCUT2D eigenvalue weighted by atomic mass is 9.99. The fourth-order valence-electron chi connectivity index (χ4n) is 11.7. The first kappa shape index (κ1) is 96.5. The van der Waals surface area contributed by atoms with Crippen LogP contribution in [0.3, 0.4) is 0 Å². The third-order valence-corrected chi connectivity index (χ3v) is 20.3. The van der Waals surface area contributed by atoms with Crippen LogP contribution in [0.15, 0.2) is 24.3 Å². The summed E-state index contributed by atoms with van der Waals surface area (Å²) in [5.41, 5.74) is 0. The zero-order valence-electron chi connectivity index (χ0n) is 64.4. The van der Waals surface area contributed by atoms with E-state index in [1.54, 1.807) is 0 Å². The fraction of sp³-hybridized carbons (Fsp3) is 0.900. The van der Waals surface area contributed by atoms with Crippen LogP contribution in [-0.4, -0.2) is 96.7 Å². The number of rotatable bonds is 76. The molecule has 584 valence electrons. The van der Waals surface area contributed by atoms with E-state index in [0.717, 1.165) is 127 Å². The zero-order valence-corrected chi connectivity index (χ0v) is 66.2. The minimum absolute atomic E-state index is 0.101. The van der Waals surface area contributed by atoms with Gasteiger partial charge in [0, 0.05) is 25.7 Å². The van der Waals surface area contributed by atoms with Crippen LogP contribution in [0.4, 0.5) is 0 Å². The van der Waals surface area contributed by atoms with Gasteiger partial charge in [-0.2, -0.15) is 0 Å². The Kier molecular flexibility index (Phi) is 68.1. The minimum Gasteiger partial charge on any atom is -0.462 e. The van der Waals surface area contributed by atoms with Gasteiger partial charge in [-0.3, -0.25) is 37.3 Å². The van der Waals surface area contributed by atoms with Crippen LogP contribution in [0.5, 0.6) is 0 Å². The molecular weight excluding hydrogens is 1290 g/mol. The largest absolute Gasteiger partial charge is 0.472 e. The summed E-state index contributed by atoms with van der Waals surface area (Å²) in [6.07, 6.45) is 60.3. The van der Waals surface area contributed by atoms with Crippen molar-refractivity contribution in [3.63, 3.8) is 0 Å². The third-order valence-electron chi connectivity index (χ3n) is 18.4. The Morgan fingerprint density at radius 2 is 0.596 bits per heavy atom. The molecule has 0 heterocycles. The Labute approximate surface area is 605 Å². The molecule has 0 spiro atoms. The van der Waals surface area contributed by atoms with Crippen LogP contribution in [0, 0.1) is 17.8 Å². The van der Waals surface area contributed by atoms with Crippen molar-refractivity contribution in [3.05, 3.63) is 24.3 Å². The van der Waals surface area contributed by atoms with E-state index < -0.39 is 97.5 Å². The summed E-state index contributed by atoms with van der Waals surface area (Å²) in [6, 6.07) is 0. The molecule has 17 nitrogen and oxygen atoms in total. The molecule has 0 aromatic heterocycles. The maximum Gasteiger partial charge on any atom is 0.472 e. The summed E-state index contributed by atoms with van der Waals surface area (Å²) in [6.45, 7) is 11.9. The molecule has 6 atom stereocenters. The highest BCUT2D eigenvalue weighted by Gasteiger charge is 2.30. The molecule has 0 saturated heterocycles. The average molecular weight is 1450 g/mol. The lowest BCUT2D eigenvalue weighted by Crippen LogP contribution is -2.30. The van der Waals surface area contributed by atoms with E-state index in [2.05, 4.69) is 72.8 Å².